The van der Waals surface area contributed by atoms with Crippen molar-refractivity contribution in [2.24, 2.45) is 7.05 Å². The van der Waals surface area contributed by atoms with Gasteiger partial charge < -0.3 is 9.88 Å². The van der Waals surface area contributed by atoms with Crippen LogP contribution in [0.3, 0.4) is 0 Å². The second-order valence-corrected chi connectivity index (χ2v) is 5.20. The Labute approximate surface area is 116 Å². The summed E-state index contributed by atoms with van der Waals surface area (Å²) >= 11 is 1.64. The largest absolute Gasteiger partial charge is 0.330 e. The molecule has 0 radical (unpaired) electrons. The zero-order valence-electron chi connectivity index (χ0n) is 10.8. The average molecular weight is 272 g/mol. The van der Waals surface area contributed by atoms with Crippen molar-refractivity contribution in [3.05, 3.63) is 46.7 Å². The molecule has 98 valence electrons. The summed E-state index contributed by atoms with van der Waals surface area (Å²) in [6.07, 6.45) is 0.966. The number of nitrogens with one attached hydrogen (secondary N) is 1. The molecule has 0 aliphatic rings. The van der Waals surface area contributed by atoms with Gasteiger partial charge in [-0.3, -0.25) is 0 Å². The number of hydrogen-bond acceptors (Lipinski definition) is 4. The minimum Gasteiger partial charge on any atom is -0.330 e. The van der Waals surface area contributed by atoms with Gasteiger partial charge in [-0.2, -0.15) is 0 Å². The van der Waals surface area contributed by atoms with Crippen molar-refractivity contribution >= 4 is 22.4 Å². The van der Waals surface area contributed by atoms with E-state index in [2.05, 4.69) is 38.3 Å². The first kappa shape index (κ1) is 12.3. The maximum atomic E-state index is 4.63. The van der Waals surface area contributed by atoms with Crippen LogP contribution in [0.15, 0.2) is 35.2 Å². The Morgan fingerprint density at radius 2 is 2.21 bits per heavy atom. The molecule has 0 atom stereocenters. The maximum Gasteiger partial charge on any atom is 0.123 e. The number of para-hydroxylation sites is 2. The van der Waals surface area contributed by atoms with Gasteiger partial charge >= 0.3 is 0 Å². The van der Waals surface area contributed by atoms with E-state index < -0.39 is 0 Å². The Morgan fingerprint density at radius 3 is 3.00 bits per heavy atom. The van der Waals surface area contributed by atoms with Crippen LogP contribution in [0.2, 0.25) is 0 Å². The second kappa shape index (κ2) is 5.50. The van der Waals surface area contributed by atoms with Gasteiger partial charge in [0.2, 0.25) is 0 Å². The van der Waals surface area contributed by atoms with Crippen molar-refractivity contribution in [3.8, 4) is 0 Å². The van der Waals surface area contributed by atoms with Crippen LogP contribution in [0.25, 0.3) is 11.0 Å². The summed E-state index contributed by atoms with van der Waals surface area (Å²) in [7, 11) is 2.06. The summed E-state index contributed by atoms with van der Waals surface area (Å²) < 4.78 is 2.14. The van der Waals surface area contributed by atoms with E-state index in [0.29, 0.717) is 0 Å². The molecule has 5 heteroatoms. The lowest BCUT2D eigenvalue weighted by molar-refractivity contribution is 0.639. The van der Waals surface area contributed by atoms with Gasteiger partial charge in [-0.25, -0.2) is 9.97 Å². The van der Waals surface area contributed by atoms with E-state index in [1.54, 1.807) is 11.3 Å². The molecule has 0 bridgehead atoms. The van der Waals surface area contributed by atoms with Crippen molar-refractivity contribution in [1.29, 1.82) is 0 Å². The third kappa shape index (κ3) is 2.67. The smallest absolute Gasteiger partial charge is 0.123 e. The van der Waals surface area contributed by atoms with E-state index in [1.807, 2.05) is 23.7 Å². The minimum absolute atomic E-state index is 0.787. The first-order chi connectivity index (χ1) is 9.34. The Balaban J connectivity index is 1.61. The predicted molar refractivity (Wildman–Crippen MR) is 78.2 cm³/mol. The van der Waals surface area contributed by atoms with E-state index in [4.69, 9.17) is 0 Å². The lowest BCUT2D eigenvalue weighted by Crippen LogP contribution is -2.19. The molecule has 2 aromatic heterocycles. The van der Waals surface area contributed by atoms with E-state index in [9.17, 15) is 0 Å². The van der Waals surface area contributed by atoms with Crippen LogP contribution in [-0.2, 0) is 20.0 Å². The molecule has 0 saturated carbocycles. The molecule has 0 fully saturated rings. The molecular weight excluding hydrogens is 256 g/mol. The fraction of sp³-hybridized carbons (Fsp3) is 0.286. The molecule has 2 heterocycles. The number of fused-ring (bicyclic) bond motifs is 1. The van der Waals surface area contributed by atoms with E-state index >= 15 is 0 Å². The highest BCUT2D eigenvalue weighted by Crippen LogP contribution is 2.13. The Morgan fingerprint density at radius 1 is 1.32 bits per heavy atom. The van der Waals surface area contributed by atoms with Crippen LogP contribution < -0.4 is 5.32 Å². The molecule has 0 aliphatic carbocycles. The highest BCUT2D eigenvalue weighted by molar-refractivity contribution is 7.07. The fourth-order valence-electron chi connectivity index (χ4n) is 2.13. The van der Waals surface area contributed by atoms with Gasteiger partial charge in [-0.15, -0.1) is 11.3 Å². The molecule has 3 rings (SSSR count). The highest BCUT2D eigenvalue weighted by Gasteiger charge is 2.06. The predicted octanol–water partition coefficient (Wildman–Crippen LogP) is 2.36. The lowest BCUT2D eigenvalue weighted by atomic mass is 10.3. The summed E-state index contributed by atoms with van der Waals surface area (Å²) in [5.41, 5.74) is 5.27. The van der Waals surface area contributed by atoms with Crippen LogP contribution in [0.4, 0.5) is 0 Å². The quantitative estimate of drug-likeness (QED) is 0.725. The van der Waals surface area contributed by atoms with E-state index in [-0.39, 0.29) is 0 Å². The zero-order valence-corrected chi connectivity index (χ0v) is 11.7. The van der Waals surface area contributed by atoms with Gasteiger partial charge in [0.25, 0.3) is 0 Å². The third-order valence-electron chi connectivity index (χ3n) is 3.20. The molecule has 4 nitrogen and oxygen atoms in total. The van der Waals surface area contributed by atoms with Crippen LogP contribution in [0.5, 0.6) is 0 Å². The standard InChI is InChI=1S/C14H16N4S/c1-18-13-5-3-2-4-12(13)17-14(18)8-15-7-6-11-9-19-10-16-11/h2-5,9-10,15H,6-8H2,1H3. The van der Waals surface area contributed by atoms with Crippen molar-refractivity contribution in [2.45, 2.75) is 13.0 Å². The Kier molecular flexibility index (Phi) is 3.57. The number of rotatable bonds is 5. The molecule has 0 unspecified atom stereocenters. The lowest BCUT2D eigenvalue weighted by Gasteiger charge is -2.04. The van der Waals surface area contributed by atoms with E-state index in [1.165, 1.54) is 5.52 Å². The molecule has 0 saturated heterocycles. The Bertz CT molecular complexity index is 657. The minimum atomic E-state index is 0.787. The van der Waals surface area contributed by atoms with Crippen molar-refractivity contribution in [1.82, 2.24) is 19.9 Å². The summed E-state index contributed by atoms with van der Waals surface area (Å²) in [5, 5.41) is 5.52. The molecule has 3 aromatic rings. The number of aryl methyl sites for hydroxylation is 1. The van der Waals surface area contributed by atoms with E-state index in [0.717, 1.165) is 36.5 Å². The van der Waals surface area contributed by atoms with Gasteiger partial charge in [0.05, 0.1) is 28.8 Å². The topological polar surface area (TPSA) is 42.7 Å². The zero-order chi connectivity index (χ0) is 13.1. The second-order valence-electron chi connectivity index (χ2n) is 4.48. The normalized spacial score (nSPS) is 11.2. The number of benzene rings is 1. The summed E-state index contributed by atoms with van der Waals surface area (Å²) in [6.45, 7) is 1.71. The first-order valence-electron chi connectivity index (χ1n) is 6.33. The van der Waals surface area contributed by atoms with Crippen LogP contribution >= 0.6 is 11.3 Å². The van der Waals surface area contributed by atoms with Gasteiger partial charge in [0.1, 0.15) is 5.82 Å². The SMILES string of the molecule is Cn1c(CNCCc2cscn2)nc2ccccc21. The van der Waals surface area contributed by atoms with Gasteiger partial charge in [-0.1, -0.05) is 12.1 Å². The number of hydrogen-bond donors (Lipinski definition) is 1. The molecule has 1 aromatic carbocycles. The third-order valence-corrected chi connectivity index (χ3v) is 3.84. The summed E-state index contributed by atoms with van der Waals surface area (Å²) in [4.78, 5) is 8.90. The first-order valence-corrected chi connectivity index (χ1v) is 7.27. The summed E-state index contributed by atoms with van der Waals surface area (Å²) in [5.74, 6) is 1.07. The monoisotopic (exact) mass is 272 g/mol. The molecule has 1 N–H and O–H groups in total. The van der Waals surface area contributed by atoms with Gasteiger partial charge in [-0.05, 0) is 12.1 Å². The number of thiazole rings is 1. The number of nitrogens with zero attached hydrogens (tertiary/aromatic N) is 3. The van der Waals surface area contributed by atoms with Crippen LogP contribution in [0.1, 0.15) is 11.5 Å². The van der Waals surface area contributed by atoms with Crippen molar-refractivity contribution in [3.63, 3.8) is 0 Å². The van der Waals surface area contributed by atoms with Gasteiger partial charge in [0.15, 0.2) is 0 Å². The number of aromatic nitrogens is 3. The molecule has 0 amide bonds. The van der Waals surface area contributed by atoms with Crippen molar-refractivity contribution in [2.75, 3.05) is 6.54 Å². The number of imidazole rings is 1. The Hall–Kier alpha value is -1.72. The molecule has 0 aliphatic heterocycles. The van der Waals surface area contributed by atoms with Gasteiger partial charge in [0, 0.05) is 25.4 Å². The fourth-order valence-corrected chi connectivity index (χ4v) is 2.72. The molecule has 19 heavy (non-hydrogen) atoms. The van der Waals surface area contributed by atoms with Crippen LogP contribution in [0, 0.1) is 0 Å². The summed E-state index contributed by atoms with van der Waals surface area (Å²) in [6, 6.07) is 8.22. The van der Waals surface area contributed by atoms with Crippen LogP contribution in [-0.4, -0.2) is 21.1 Å². The maximum absolute atomic E-state index is 4.63. The molecular formula is C14H16N4S. The molecule has 0 spiro atoms. The average Bonchev–Trinajstić information content (AvgIpc) is 3.04. The van der Waals surface area contributed by atoms with Crippen molar-refractivity contribution < 1.29 is 0 Å². The highest BCUT2D eigenvalue weighted by atomic mass is 32.1.